The Labute approximate surface area is 98.4 Å². The third-order valence-electron chi connectivity index (χ3n) is 2.86. The van der Waals surface area contributed by atoms with Gasteiger partial charge in [0.1, 0.15) is 0 Å². The fourth-order valence-electron chi connectivity index (χ4n) is 1.72. The molecule has 0 saturated carbocycles. The Balaban J connectivity index is 1.84. The van der Waals surface area contributed by atoms with Gasteiger partial charge in [0, 0.05) is 45.8 Å². The average Bonchev–Trinajstić information content (AvgIpc) is 2.30. The van der Waals surface area contributed by atoms with Gasteiger partial charge in [-0.1, -0.05) is 0 Å². The van der Waals surface area contributed by atoms with Gasteiger partial charge in [0.2, 0.25) is 0 Å². The van der Waals surface area contributed by atoms with E-state index < -0.39 is 0 Å². The van der Waals surface area contributed by atoms with E-state index in [1.165, 1.54) is 0 Å². The maximum atomic E-state index is 8.55. The molecule has 0 aromatic rings. The molecule has 0 spiro atoms. The van der Waals surface area contributed by atoms with Crippen LogP contribution in [0.15, 0.2) is 0 Å². The maximum Gasteiger partial charge on any atom is 0.0594 e. The summed E-state index contributed by atoms with van der Waals surface area (Å²) < 4.78 is 5.51. The molecule has 96 valence electrons. The molecule has 0 aliphatic carbocycles. The van der Waals surface area contributed by atoms with Gasteiger partial charge in [-0.2, -0.15) is 0 Å². The summed E-state index contributed by atoms with van der Waals surface area (Å²) in [7, 11) is 2.17. The quantitative estimate of drug-likeness (QED) is 0.516. The molecule has 1 rings (SSSR count). The summed E-state index contributed by atoms with van der Waals surface area (Å²) in [5.41, 5.74) is 0. The number of likely N-dealkylation sites (N-methyl/N-ethyl adjacent to an activating group) is 1. The van der Waals surface area contributed by atoms with Gasteiger partial charge in [-0.3, -0.25) is 4.90 Å². The molecule has 2 N–H and O–H groups in total. The van der Waals surface area contributed by atoms with E-state index in [1.807, 2.05) is 0 Å². The lowest BCUT2D eigenvalue weighted by molar-refractivity contribution is 0.0827. The zero-order valence-electron chi connectivity index (χ0n) is 10.3. The van der Waals surface area contributed by atoms with Crippen LogP contribution in [0.4, 0.5) is 0 Å². The first-order valence-electron chi connectivity index (χ1n) is 6.13. The van der Waals surface area contributed by atoms with E-state index in [0.29, 0.717) is 6.54 Å². The molecule has 5 heteroatoms. The smallest absolute Gasteiger partial charge is 0.0594 e. The van der Waals surface area contributed by atoms with Crippen LogP contribution in [0.1, 0.15) is 0 Å². The van der Waals surface area contributed by atoms with E-state index >= 15 is 0 Å². The number of nitrogens with one attached hydrogen (secondary N) is 1. The average molecular weight is 231 g/mol. The molecule has 1 aliphatic heterocycles. The summed E-state index contributed by atoms with van der Waals surface area (Å²) in [6, 6.07) is 0. The summed E-state index contributed by atoms with van der Waals surface area (Å²) in [6.07, 6.45) is 0. The van der Waals surface area contributed by atoms with Gasteiger partial charge in [-0.25, -0.2) is 0 Å². The minimum atomic E-state index is 0.196. The lowest BCUT2D eigenvalue weighted by Gasteiger charge is -2.32. The van der Waals surface area contributed by atoms with Crippen LogP contribution in [0.25, 0.3) is 0 Å². The summed E-state index contributed by atoms with van der Waals surface area (Å²) in [5, 5.41) is 11.6. The normalized spacial score (nSPS) is 19.1. The van der Waals surface area contributed by atoms with Crippen molar-refractivity contribution in [1.82, 2.24) is 15.1 Å². The number of aliphatic hydroxyl groups excluding tert-OH is 1. The molecular weight excluding hydrogens is 206 g/mol. The topological polar surface area (TPSA) is 48.0 Å². The van der Waals surface area contributed by atoms with Crippen LogP contribution < -0.4 is 5.32 Å². The van der Waals surface area contributed by atoms with Crippen molar-refractivity contribution in [1.29, 1.82) is 0 Å². The van der Waals surface area contributed by atoms with E-state index in [0.717, 1.165) is 52.5 Å². The lowest BCUT2D eigenvalue weighted by atomic mass is 10.3. The molecule has 5 nitrogen and oxygen atoms in total. The van der Waals surface area contributed by atoms with Crippen LogP contribution in [0.3, 0.4) is 0 Å². The highest BCUT2D eigenvalue weighted by atomic mass is 16.5. The highest BCUT2D eigenvalue weighted by Crippen LogP contribution is 1.97. The van der Waals surface area contributed by atoms with E-state index in [-0.39, 0.29) is 6.61 Å². The molecule has 1 aliphatic rings. The number of hydrogen-bond acceptors (Lipinski definition) is 5. The van der Waals surface area contributed by atoms with Crippen molar-refractivity contribution < 1.29 is 9.84 Å². The van der Waals surface area contributed by atoms with Crippen LogP contribution >= 0.6 is 0 Å². The minimum Gasteiger partial charge on any atom is -0.395 e. The van der Waals surface area contributed by atoms with E-state index in [2.05, 4.69) is 22.2 Å². The van der Waals surface area contributed by atoms with Gasteiger partial charge in [0.25, 0.3) is 0 Å². The number of aliphatic hydroxyl groups is 1. The fraction of sp³-hybridized carbons (Fsp3) is 1.00. The molecule has 1 heterocycles. The predicted octanol–water partition coefficient (Wildman–Crippen LogP) is -1.17. The maximum absolute atomic E-state index is 8.55. The van der Waals surface area contributed by atoms with Crippen LogP contribution in [0, 0.1) is 0 Å². The Morgan fingerprint density at radius 1 is 1.12 bits per heavy atom. The number of piperazine rings is 1. The van der Waals surface area contributed by atoms with Gasteiger partial charge in [0.15, 0.2) is 0 Å². The third-order valence-corrected chi connectivity index (χ3v) is 2.86. The summed E-state index contributed by atoms with van der Waals surface area (Å²) in [5.74, 6) is 0. The van der Waals surface area contributed by atoms with E-state index in [4.69, 9.17) is 9.84 Å². The van der Waals surface area contributed by atoms with E-state index in [9.17, 15) is 0 Å². The molecule has 0 bridgehead atoms. The highest BCUT2D eigenvalue weighted by Gasteiger charge is 2.12. The second kappa shape index (κ2) is 8.90. The summed E-state index contributed by atoms with van der Waals surface area (Å²) in [4.78, 5) is 4.80. The van der Waals surface area contributed by atoms with Crippen molar-refractivity contribution in [2.75, 3.05) is 72.7 Å². The SMILES string of the molecule is CN1CCN(CCOCCNCCO)CC1. The number of hydrogen-bond donors (Lipinski definition) is 2. The number of nitrogens with zero attached hydrogens (tertiary/aromatic N) is 2. The molecule has 0 unspecified atom stereocenters. The molecule has 0 radical (unpaired) electrons. The molecule has 0 atom stereocenters. The molecule has 1 saturated heterocycles. The minimum absolute atomic E-state index is 0.196. The van der Waals surface area contributed by atoms with E-state index in [1.54, 1.807) is 0 Å². The number of rotatable bonds is 8. The first-order chi connectivity index (χ1) is 7.83. The Hall–Kier alpha value is -0.200. The van der Waals surface area contributed by atoms with Gasteiger partial charge >= 0.3 is 0 Å². The zero-order valence-corrected chi connectivity index (χ0v) is 10.3. The fourth-order valence-corrected chi connectivity index (χ4v) is 1.72. The largest absolute Gasteiger partial charge is 0.395 e. The molecule has 0 amide bonds. The van der Waals surface area contributed by atoms with Crippen molar-refractivity contribution >= 4 is 0 Å². The molecule has 0 aromatic heterocycles. The van der Waals surface area contributed by atoms with Crippen molar-refractivity contribution in [3.63, 3.8) is 0 Å². The Morgan fingerprint density at radius 2 is 1.88 bits per heavy atom. The van der Waals surface area contributed by atoms with Gasteiger partial charge in [-0.05, 0) is 7.05 Å². The first kappa shape index (κ1) is 13.9. The molecular formula is C11H25N3O2. The summed E-state index contributed by atoms with van der Waals surface area (Å²) >= 11 is 0. The van der Waals surface area contributed by atoms with Crippen LogP contribution in [0.2, 0.25) is 0 Å². The lowest BCUT2D eigenvalue weighted by Crippen LogP contribution is -2.45. The Morgan fingerprint density at radius 3 is 2.56 bits per heavy atom. The number of ether oxygens (including phenoxy) is 1. The van der Waals surface area contributed by atoms with Crippen LogP contribution in [-0.4, -0.2) is 87.6 Å². The van der Waals surface area contributed by atoms with Crippen LogP contribution in [-0.2, 0) is 4.74 Å². The highest BCUT2D eigenvalue weighted by molar-refractivity contribution is 4.68. The van der Waals surface area contributed by atoms with Gasteiger partial charge in [-0.15, -0.1) is 0 Å². The second-order valence-corrected chi connectivity index (χ2v) is 4.23. The third kappa shape index (κ3) is 6.40. The van der Waals surface area contributed by atoms with Gasteiger partial charge in [0.05, 0.1) is 19.8 Å². The Bertz CT molecular complexity index is 161. The summed E-state index contributed by atoms with van der Waals surface area (Å²) in [6.45, 7) is 8.89. The Kier molecular flexibility index (Phi) is 7.71. The zero-order chi connectivity index (χ0) is 11.6. The van der Waals surface area contributed by atoms with Crippen molar-refractivity contribution in [2.45, 2.75) is 0 Å². The molecule has 16 heavy (non-hydrogen) atoms. The van der Waals surface area contributed by atoms with Gasteiger partial charge < -0.3 is 20.1 Å². The molecule has 1 fully saturated rings. The first-order valence-corrected chi connectivity index (χ1v) is 6.13. The molecule has 0 aromatic carbocycles. The monoisotopic (exact) mass is 231 g/mol. The van der Waals surface area contributed by atoms with Crippen molar-refractivity contribution in [3.8, 4) is 0 Å². The van der Waals surface area contributed by atoms with Crippen molar-refractivity contribution in [3.05, 3.63) is 0 Å². The standard InChI is InChI=1S/C11H25N3O2/c1-13-4-6-14(7-5-13)8-11-16-10-3-12-2-9-15/h12,15H,2-11H2,1H3. The second-order valence-electron chi connectivity index (χ2n) is 4.23. The van der Waals surface area contributed by atoms with Crippen LogP contribution in [0.5, 0.6) is 0 Å². The van der Waals surface area contributed by atoms with Crippen molar-refractivity contribution in [2.24, 2.45) is 0 Å². The predicted molar refractivity (Wildman–Crippen MR) is 64.7 cm³/mol.